The molecule has 1 fully saturated rings. The maximum atomic E-state index is 12.0. The third kappa shape index (κ3) is 2.62. The van der Waals surface area contributed by atoms with Crippen molar-refractivity contribution < 1.29 is 4.79 Å². The van der Waals surface area contributed by atoms with Crippen molar-refractivity contribution in [3.05, 3.63) is 40.2 Å². The van der Waals surface area contributed by atoms with Crippen molar-refractivity contribution in [2.45, 2.75) is 32.4 Å². The molecular weight excluding hydrogens is 274 g/mol. The van der Waals surface area contributed by atoms with Crippen LogP contribution in [0, 0.1) is 11.7 Å². The number of rotatable bonds is 4. The number of pyridine rings is 1. The Kier molecular flexibility index (Phi) is 3.35. The first-order chi connectivity index (χ1) is 9.65. The lowest BCUT2D eigenvalue weighted by Gasteiger charge is -2.07. The Bertz CT molecular complexity index is 684. The number of aromatic nitrogens is 4. The number of hydrogen-bond donors (Lipinski definition) is 2. The number of carbonyl (C=O) groups is 1. The summed E-state index contributed by atoms with van der Waals surface area (Å²) < 4.78 is 2.61. The maximum absolute atomic E-state index is 12.0. The van der Waals surface area contributed by atoms with Gasteiger partial charge in [-0.2, -0.15) is 5.10 Å². The van der Waals surface area contributed by atoms with Gasteiger partial charge in [0, 0.05) is 17.9 Å². The molecule has 2 aromatic rings. The summed E-state index contributed by atoms with van der Waals surface area (Å²) in [7, 11) is 0. The van der Waals surface area contributed by atoms with Crippen LogP contribution >= 0.6 is 12.2 Å². The van der Waals surface area contributed by atoms with E-state index in [1.54, 1.807) is 12.3 Å². The van der Waals surface area contributed by atoms with Crippen LogP contribution in [-0.4, -0.2) is 25.7 Å². The molecule has 2 N–H and O–H groups in total. The molecule has 1 aliphatic carbocycles. The summed E-state index contributed by atoms with van der Waals surface area (Å²) in [4.78, 5) is 16.1. The Balaban J connectivity index is 1.69. The van der Waals surface area contributed by atoms with Gasteiger partial charge in [-0.3, -0.25) is 19.4 Å². The lowest BCUT2D eigenvalue weighted by Crippen LogP contribution is -2.24. The fourth-order valence-corrected chi connectivity index (χ4v) is 2.33. The van der Waals surface area contributed by atoms with Crippen LogP contribution < -0.4 is 5.32 Å². The van der Waals surface area contributed by atoms with Gasteiger partial charge in [0.2, 0.25) is 0 Å². The van der Waals surface area contributed by atoms with Gasteiger partial charge in [-0.1, -0.05) is 0 Å². The summed E-state index contributed by atoms with van der Waals surface area (Å²) >= 11 is 5.20. The third-order valence-electron chi connectivity index (χ3n) is 3.27. The van der Waals surface area contributed by atoms with Gasteiger partial charge in [0.05, 0.1) is 12.1 Å². The minimum atomic E-state index is -0.159. The summed E-state index contributed by atoms with van der Waals surface area (Å²) in [6.07, 6.45) is 3.82. The highest BCUT2D eigenvalue weighted by Gasteiger charge is 2.27. The molecule has 0 radical (unpaired) electrons. The number of H-pyrrole nitrogens is 1. The maximum Gasteiger partial charge on any atom is 0.253 e. The first-order valence-corrected chi connectivity index (χ1v) is 6.92. The van der Waals surface area contributed by atoms with Gasteiger partial charge in [-0.25, -0.2) is 0 Å². The molecule has 1 amide bonds. The van der Waals surface area contributed by atoms with Gasteiger partial charge in [-0.15, -0.1) is 0 Å². The summed E-state index contributed by atoms with van der Waals surface area (Å²) in [6, 6.07) is 4.01. The first-order valence-electron chi connectivity index (χ1n) is 6.52. The normalized spacial score (nSPS) is 14.2. The molecule has 1 aliphatic rings. The minimum absolute atomic E-state index is 0.159. The number of carbonyl (C=O) groups excluding carboxylic acids is 1. The highest BCUT2D eigenvalue weighted by atomic mass is 32.1. The quantitative estimate of drug-likeness (QED) is 0.843. The molecule has 7 heteroatoms. The van der Waals surface area contributed by atoms with E-state index in [-0.39, 0.29) is 5.91 Å². The van der Waals surface area contributed by atoms with Gasteiger partial charge in [0.1, 0.15) is 0 Å². The lowest BCUT2D eigenvalue weighted by atomic mass is 10.2. The summed E-state index contributed by atoms with van der Waals surface area (Å²) in [5.74, 6) is 0.611. The fraction of sp³-hybridized carbons (Fsp3) is 0.385. The molecular formula is C13H15N5OS. The molecule has 2 aromatic heterocycles. The van der Waals surface area contributed by atoms with Crippen LogP contribution in [0.3, 0.4) is 0 Å². The summed E-state index contributed by atoms with van der Waals surface area (Å²) in [6.45, 7) is 2.24. The molecule has 0 saturated heterocycles. The predicted molar refractivity (Wildman–Crippen MR) is 75.8 cm³/mol. The lowest BCUT2D eigenvalue weighted by molar-refractivity contribution is 0.0949. The highest BCUT2D eigenvalue weighted by molar-refractivity contribution is 7.71. The number of amides is 1. The van der Waals surface area contributed by atoms with E-state index in [4.69, 9.17) is 12.2 Å². The standard InChI is InChI=1S/C13H15N5OS/c1-8-2-3-9(6-14-8)12(19)15-7-11-16-17-13(20)18(11)10-4-5-10/h2-3,6,10H,4-5,7H2,1H3,(H,15,19)(H,17,20). The predicted octanol–water partition coefficient (Wildman–Crippen LogP) is 1.91. The van der Waals surface area contributed by atoms with Crippen molar-refractivity contribution in [3.8, 4) is 0 Å². The van der Waals surface area contributed by atoms with Crippen molar-refractivity contribution in [1.82, 2.24) is 25.1 Å². The zero-order valence-corrected chi connectivity index (χ0v) is 11.9. The van der Waals surface area contributed by atoms with E-state index in [9.17, 15) is 4.79 Å². The minimum Gasteiger partial charge on any atom is -0.345 e. The van der Waals surface area contributed by atoms with Gasteiger partial charge < -0.3 is 5.32 Å². The molecule has 20 heavy (non-hydrogen) atoms. The fourth-order valence-electron chi connectivity index (χ4n) is 2.03. The van der Waals surface area contributed by atoms with Crippen LogP contribution in [0.4, 0.5) is 0 Å². The van der Waals surface area contributed by atoms with E-state index < -0.39 is 0 Å². The molecule has 0 atom stereocenters. The Hall–Kier alpha value is -2.02. The molecule has 104 valence electrons. The Morgan fingerprint density at radius 3 is 3.00 bits per heavy atom. The SMILES string of the molecule is Cc1ccc(C(=O)NCc2n[nH]c(=S)n2C2CC2)cn1. The summed E-state index contributed by atoms with van der Waals surface area (Å²) in [5, 5.41) is 9.80. The number of aromatic amines is 1. The first kappa shape index (κ1) is 13.0. The van der Waals surface area contributed by atoms with Crippen molar-refractivity contribution in [2.75, 3.05) is 0 Å². The largest absolute Gasteiger partial charge is 0.345 e. The van der Waals surface area contributed by atoms with E-state index in [2.05, 4.69) is 20.5 Å². The topological polar surface area (TPSA) is 75.6 Å². The number of nitrogens with one attached hydrogen (secondary N) is 2. The molecule has 2 heterocycles. The van der Waals surface area contributed by atoms with Crippen LogP contribution in [0.2, 0.25) is 0 Å². The second-order valence-electron chi connectivity index (χ2n) is 4.92. The third-order valence-corrected chi connectivity index (χ3v) is 3.56. The second kappa shape index (κ2) is 5.16. The molecule has 3 rings (SSSR count). The molecule has 6 nitrogen and oxygen atoms in total. The van der Waals surface area contributed by atoms with Crippen molar-refractivity contribution in [1.29, 1.82) is 0 Å². The Labute approximate surface area is 121 Å². The molecule has 0 aliphatic heterocycles. The van der Waals surface area contributed by atoms with Gasteiger partial charge in [-0.05, 0) is 44.1 Å². The number of aryl methyl sites for hydroxylation is 1. The van der Waals surface area contributed by atoms with E-state index in [1.165, 1.54) is 0 Å². The van der Waals surface area contributed by atoms with Crippen molar-refractivity contribution >= 4 is 18.1 Å². The van der Waals surface area contributed by atoms with Crippen molar-refractivity contribution in [3.63, 3.8) is 0 Å². The monoisotopic (exact) mass is 289 g/mol. The van der Waals surface area contributed by atoms with Crippen LogP contribution in [0.15, 0.2) is 18.3 Å². The number of hydrogen-bond acceptors (Lipinski definition) is 4. The van der Waals surface area contributed by atoms with Crippen LogP contribution in [-0.2, 0) is 6.54 Å². The molecule has 1 saturated carbocycles. The zero-order valence-electron chi connectivity index (χ0n) is 11.1. The van der Waals surface area contributed by atoms with Crippen LogP contribution in [0.1, 0.15) is 40.8 Å². The average molecular weight is 289 g/mol. The molecule has 0 bridgehead atoms. The van der Waals surface area contributed by atoms with Crippen molar-refractivity contribution in [2.24, 2.45) is 0 Å². The highest BCUT2D eigenvalue weighted by Crippen LogP contribution is 2.35. The van der Waals surface area contributed by atoms with Crippen LogP contribution in [0.5, 0.6) is 0 Å². The molecule has 0 unspecified atom stereocenters. The van der Waals surface area contributed by atoms with Gasteiger partial charge in [0.15, 0.2) is 10.6 Å². The second-order valence-corrected chi connectivity index (χ2v) is 5.30. The van der Waals surface area contributed by atoms with Crippen LogP contribution in [0.25, 0.3) is 0 Å². The van der Waals surface area contributed by atoms with E-state index >= 15 is 0 Å². The van der Waals surface area contributed by atoms with Gasteiger partial charge in [0.25, 0.3) is 5.91 Å². The molecule has 0 spiro atoms. The average Bonchev–Trinajstić information content (AvgIpc) is 3.21. The molecule has 0 aromatic carbocycles. The van der Waals surface area contributed by atoms with E-state index in [0.29, 0.717) is 22.9 Å². The Morgan fingerprint density at radius 2 is 2.35 bits per heavy atom. The smallest absolute Gasteiger partial charge is 0.253 e. The van der Waals surface area contributed by atoms with E-state index in [0.717, 1.165) is 24.4 Å². The van der Waals surface area contributed by atoms with Gasteiger partial charge >= 0.3 is 0 Å². The Morgan fingerprint density at radius 1 is 1.55 bits per heavy atom. The zero-order chi connectivity index (χ0) is 14.1. The summed E-state index contributed by atoms with van der Waals surface area (Å²) in [5.41, 5.74) is 1.43. The van der Waals surface area contributed by atoms with E-state index in [1.807, 2.05) is 17.6 Å². The number of nitrogens with zero attached hydrogens (tertiary/aromatic N) is 3.